The molecule has 0 fully saturated rings. The van der Waals surface area contributed by atoms with E-state index in [4.69, 9.17) is 4.52 Å². The molecule has 1 atom stereocenters. The minimum atomic E-state index is -0.0856. The fraction of sp³-hybridized carbons (Fsp3) is 0.217. The highest BCUT2D eigenvalue weighted by molar-refractivity contribution is 5.77. The number of hydrogen-bond acceptors (Lipinski definition) is 5. The molecule has 5 rings (SSSR count). The molecule has 0 bridgehead atoms. The third-order valence-electron chi connectivity index (χ3n) is 5.43. The molecule has 0 saturated heterocycles. The van der Waals surface area contributed by atoms with E-state index < -0.39 is 0 Å². The van der Waals surface area contributed by atoms with Gasteiger partial charge in [0.05, 0.1) is 6.04 Å². The van der Waals surface area contributed by atoms with Crippen molar-refractivity contribution in [1.29, 1.82) is 0 Å². The smallest absolute Gasteiger partial charge is 0.227 e. The molecule has 1 aliphatic rings. The van der Waals surface area contributed by atoms with E-state index >= 15 is 0 Å². The third kappa shape index (κ3) is 3.50. The highest BCUT2D eigenvalue weighted by Crippen LogP contribution is 2.32. The highest BCUT2D eigenvalue weighted by Gasteiger charge is 2.31. The van der Waals surface area contributed by atoms with E-state index in [-0.39, 0.29) is 11.9 Å². The number of aromatic nitrogens is 4. The van der Waals surface area contributed by atoms with Crippen LogP contribution in [0.25, 0.3) is 11.4 Å². The highest BCUT2D eigenvalue weighted by atomic mass is 16.5. The van der Waals surface area contributed by atoms with Crippen LogP contribution in [-0.2, 0) is 17.8 Å². The summed E-state index contributed by atoms with van der Waals surface area (Å²) in [6.07, 6.45) is 6.18. The average Bonchev–Trinajstić information content (AvgIpc) is 3.47. The van der Waals surface area contributed by atoms with E-state index in [1.54, 1.807) is 12.4 Å². The first-order valence-electron chi connectivity index (χ1n) is 10.0. The Balaban J connectivity index is 1.33. The number of aryl methyl sites for hydroxylation is 1. The van der Waals surface area contributed by atoms with Gasteiger partial charge in [0.25, 0.3) is 0 Å². The number of hydrogen-bond donors (Lipinski definition) is 0. The first kappa shape index (κ1) is 18.3. The molecule has 150 valence electrons. The van der Waals surface area contributed by atoms with E-state index in [0.717, 1.165) is 23.4 Å². The Labute approximate surface area is 174 Å². The SMILES string of the molecule is O=C(CCc1nc(-c2ccncc2)no1)N1CCn2cccc2C1c1ccccc1. The zero-order valence-electron chi connectivity index (χ0n) is 16.4. The molecule has 0 radical (unpaired) electrons. The number of fused-ring (bicyclic) bond motifs is 1. The maximum atomic E-state index is 13.2. The Morgan fingerprint density at radius 1 is 1.03 bits per heavy atom. The van der Waals surface area contributed by atoms with Gasteiger partial charge in [0.2, 0.25) is 17.6 Å². The van der Waals surface area contributed by atoms with Gasteiger partial charge in [0.1, 0.15) is 0 Å². The predicted molar refractivity (Wildman–Crippen MR) is 110 cm³/mol. The summed E-state index contributed by atoms with van der Waals surface area (Å²) in [7, 11) is 0. The average molecular weight is 399 g/mol. The quantitative estimate of drug-likeness (QED) is 0.513. The van der Waals surface area contributed by atoms with Gasteiger partial charge in [-0.15, -0.1) is 0 Å². The minimum Gasteiger partial charge on any atom is -0.348 e. The molecule has 4 aromatic rings. The molecule has 0 spiro atoms. The van der Waals surface area contributed by atoms with Gasteiger partial charge in [0.15, 0.2) is 0 Å². The van der Waals surface area contributed by atoms with Gasteiger partial charge in [-0.1, -0.05) is 35.5 Å². The van der Waals surface area contributed by atoms with Crippen molar-refractivity contribution in [2.24, 2.45) is 0 Å². The van der Waals surface area contributed by atoms with Crippen LogP contribution in [0.1, 0.15) is 29.6 Å². The molecule has 0 aliphatic carbocycles. The first-order valence-corrected chi connectivity index (χ1v) is 10.0. The normalized spacial score (nSPS) is 15.7. The summed E-state index contributed by atoms with van der Waals surface area (Å²) in [4.78, 5) is 23.6. The van der Waals surface area contributed by atoms with E-state index in [1.165, 1.54) is 0 Å². The fourth-order valence-electron chi connectivity index (χ4n) is 3.97. The molecular weight excluding hydrogens is 378 g/mol. The van der Waals surface area contributed by atoms with Crippen molar-refractivity contribution < 1.29 is 9.32 Å². The van der Waals surface area contributed by atoms with Crippen molar-refractivity contribution in [2.75, 3.05) is 6.54 Å². The van der Waals surface area contributed by atoms with Crippen LogP contribution in [0.5, 0.6) is 0 Å². The van der Waals surface area contributed by atoms with Gasteiger partial charge >= 0.3 is 0 Å². The molecule has 0 saturated carbocycles. The number of benzene rings is 1. The summed E-state index contributed by atoms with van der Waals surface area (Å²) in [5.41, 5.74) is 3.09. The number of carbonyl (C=O) groups excluding carboxylic acids is 1. The van der Waals surface area contributed by atoms with Crippen molar-refractivity contribution in [3.63, 3.8) is 0 Å². The standard InChI is InChI=1S/C23H21N5O2/c29-21(9-8-20-25-23(26-30-20)18-10-12-24-13-11-18)28-16-15-27-14-4-7-19(27)22(28)17-5-2-1-3-6-17/h1-7,10-14,22H,8-9,15-16H2. The van der Waals surface area contributed by atoms with Crippen LogP contribution in [0.2, 0.25) is 0 Å². The van der Waals surface area contributed by atoms with E-state index in [1.807, 2.05) is 41.3 Å². The summed E-state index contributed by atoms with van der Waals surface area (Å²) in [6, 6.07) is 17.9. The molecule has 1 unspecified atom stereocenters. The Kier molecular flexibility index (Phi) is 4.85. The van der Waals surface area contributed by atoms with Crippen molar-refractivity contribution >= 4 is 5.91 Å². The minimum absolute atomic E-state index is 0.0833. The second-order valence-corrected chi connectivity index (χ2v) is 7.27. The first-order chi connectivity index (χ1) is 14.8. The molecule has 1 amide bonds. The molecule has 1 aromatic carbocycles. The molecule has 4 heterocycles. The van der Waals surface area contributed by atoms with E-state index in [2.05, 4.69) is 44.1 Å². The fourth-order valence-corrected chi connectivity index (χ4v) is 3.97. The Morgan fingerprint density at radius 3 is 2.70 bits per heavy atom. The lowest BCUT2D eigenvalue weighted by Gasteiger charge is -2.37. The number of pyridine rings is 1. The summed E-state index contributed by atoms with van der Waals surface area (Å²) in [5.74, 6) is 1.06. The molecule has 1 aliphatic heterocycles. The molecule has 0 N–H and O–H groups in total. The second kappa shape index (κ2) is 7.94. The molecule has 7 heteroatoms. The zero-order valence-corrected chi connectivity index (χ0v) is 16.4. The molecule has 7 nitrogen and oxygen atoms in total. The van der Waals surface area contributed by atoms with Crippen molar-refractivity contribution in [3.05, 3.63) is 90.3 Å². The molecule has 30 heavy (non-hydrogen) atoms. The lowest BCUT2D eigenvalue weighted by molar-refractivity contribution is -0.134. The second-order valence-electron chi connectivity index (χ2n) is 7.27. The van der Waals surface area contributed by atoms with E-state index in [9.17, 15) is 4.79 Å². The zero-order chi connectivity index (χ0) is 20.3. The van der Waals surface area contributed by atoms with Gasteiger partial charge in [0, 0.05) is 55.8 Å². The van der Waals surface area contributed by atoms with Crippen molar-refractivity contribution in [1.82, 2.24) is 24.6 Å². The maximum Gasteiger partial charge on any atom is 0.227 e. The van der Waals surface area contributed by atoms with Gasteiger partial charge in [-0.25, -0.2) is 0 Å². The van der Waals surface area contributed by atoms with Gasteiger partial charge < -0.3 is 14.0 Å². The summed E-state index contributed by atoms with van der Waals surface area (Å²) >= 11 is 0. The summed E-state index contributed by atoms with van der Waals surface area (Å²) in [5, 5.41) is 4.02. The Morgan fingerprint density at radius 2 is 1.87 bits per heavy atom. The number of nitrogens with zero attached hydrogens (tertiary/aromatic N) is 5. The number of carbonyl (C=O) groups is 1. The number of amides is 1. The van der Waals surface area contributed by atoms with Crippen LogP contribution in [0.4, 0.5) is 0 Å². The summed E-state index contributed by atoms with van der Waals surface area (Å²) < 4.78 is 7.58. The van der Waals surface area contributed by atoms with Crippen LogP contribution >= 0.6 is 0 Å². The lowest BCUT2D eigenvalue weighted by atomic mass is 9.99. The van der Waals surface area contributed by atoms with Crippen molar-refractivity contribution in [2.45, 2.75) is 25.4 Å². The maximum absolute atomic E-state index is 13.2. The van der Waals surface area contributed by atoms with Gasteiger partial charge in [-0.05, 0) is 29.8 Å². The van der Waals surface area contributed by atoms with Crippen LogP contribution in [0.15, 0.2) is 77.7 Å². The van der Waals surface area contributed by atoms with Gasteiger partial charge in [-0.2, -0.15) is 4.98 Å². The Hall–Kier alpha value is -3.74. The van der Waals surface area contributed by atoms with Crippen LogP contribution < -0.4 is 0 Å². The lowest BCUT2D eigenvalue weighted by Crippen LogP contribution is -2.42. The van der Waals surface area contributed by atoms with Crippen molar-refractivity contribution in [3.8, 4) is 11.4 Å². The topological polar surface area (TPSA) is 77.0 Å². The predicted octanol–water partition coefficient (Wildman–Crippen LogP) is 3.50. The summed E-state index contributed by atoms with van der Waals surface area (Å²) in [6.45, 7) is 1.47. The van der Waals surface area contributed by atoms with Gasteiger partial charge in [-0.3, -0.25) is 9.78 Å². The largest absolute Gasteiger partial charge is 0.348 e. The number of rotatable bonds is 5. The molecular formula is C23H21N5O2. The Bertz CT molecular complexity index is 1140. The van der Waals surface area contributed by atoms with Crippen LogP contribution in [0.3, 0.4) is 0 Å². The van der Waals surface area contributed by atoms with Crippen LogP contribution in [-0.4, -0.2) is 37.0 Å². The van der Waals surface area contributed by atoms with E-state index in [0.29, 0.717) is 31.1 Å². The van der Waals surface area contributed by atoms with Crippen LogP contribution in [0, 0.1) is 0 Å². The monoisotopic (exact) mass is 399 g/mol. The third-order valence-corrected chi connectivity index (χ3v) is 5.43. The molecule has 3 aromatic heterocycles.